The second kappa shape index (κ2) is 7.19. The first-order valence-electron chi connectivity index (χ1n) is 7.76. The third kappa shape index (κ3) is 3.56. The number of nitrogens with one attached hydrogen (secondary N) is 1. The van der Waals surface area contributed by atoms with Crippen LogP contribution in [0.15, 0.2) is 30.3 Å². The van der Waals surface area contributed by atoms with Crippen molar-refractivity contribution in [3.8, 4) is 0 Å². The molecule has 0 spiro atoms. The summed E-state index contributed by atoms with van der Waals surface area (Å²) >= 11 is 0. The summed E-state index contributed by atoms with van der Waals surface area (Å²) in [5, 5.41) is 2.44. The quantitative estimate of drug-likeness (QED) is 0.645. The second-order valence-electron chi connectivity index (χ2n) is 5.73. The number of carbonyl (C=O) groups excluding carboxylic acids is 1. The van der Waals surface area contributed by atoms with Crippen molar-refractivity contribution in [3.05, 3.63) is 59.4 Å². The number of carbonyl (C=O) groups is 1. The Morgan fingerprint density at radius 3 is 2.12 bits per heavy atom. The molecular weight excluding hydrogens is 357 g/mol. The lowest BCUT2D eigenvalue weighted by molar-refractivity contribution is 0.208. The molecule has 0 saturated carbocycles. The second-order valence-corrected chi connectivity index (χ2v) is 5.73. The molecule has 0 radical (unpaired) electrons. The van der Waals surface area contributed by atoms with E-state index in [1.165, 1.54) is 15.9 Å². The molecule has 2 aromatic carbocycles. The minimum Gasteiger partial charge on any atom is -0.366 e. The smallest absolute Gasteiger partial charge is 0.321 e. The predicted molar refractivity (Wildman–Crippen MR) is 85.5 cm³/mol. The van der Waals surface area contributed by atoms with Crippen LogP contribution >= 0.6 is 0 Å². The first-order valence-corrected chi connectivity index (χ1v) is 7.76. The molecule has 3 rings (SSSR count). The van der Waals surface area contributed by atoms with Crippen molar-refractivity contribution in [3.63, 3.8) is 0 Å². The molecule has 1 fully saturated rings. The zero-order valence-electron chi connectivity index (χ0n) is 13.4. The van der Waals surface area contributed by atoms with Gasteiger partial charge >= 0.3 is 6.03 Å². The molecule has 1 N–H and O–H groups in total. The molecule has 4 nitrogen and oxygen atoms in total. The first-order chi connectivity index (χ1) is 12.4. The predicted octanol–water partition coefficient (Wildman–Crippen LogP) is 3.74. The summed E-state index contributed by atoms with van der Waals surface area (Å²) in [4.78, 5) is 15.1. The Labute approximate surface area is 145 Å². The Morgan fingerprint density at radius 2 is 1.46 bits per heavy atom. The standard InChI is InChI=1S/C17H14F5N3O/c18-11-2-1-10(9-13(11)20)23-17(26)25-7-5-24(6-8-25)14-4-3-12(19)15(21)16(14)22/h1-4,9H,5-8H2,(H,23,26). The zero-order chi connectivity index (χ0) is 18.8. The Balaban J connectivity index is 1.62. The normalized spacial score (nSPS) is 14.5. The number of urea groups is 1. The summed E-state index contributed by atoms with van der Waals surface area (Å²) in [5.41, 5.74) is 0.0209. The van der Waals surface area contributed by atoms with E-state index in [1.54, 1.807) is 0 Å². The number of halogens is 5. The van der Waals surface area contributed by atoms with E-state index in [1.807, 2.05) is 0 Å². The molecule has 138 valence electrons. The molecule has 1 saturated heterocycles. The average Bonchev–Trinajstić information content (AvgIpc) is 2.63. The lowest BCUT2D eigenvalue weighted by Crippen LogP contribution is -2.50. The number of benzene rings is 2. The van der Waals surface area contributed by atoms with Crippen molar-refractivity contribution in [1.29, 1.82) is 0 Å². The Kier molecular flexibility index (Phi) is 4.97. The molecule has 0 bridgehead atoms. The fraction of sp³-hybridized carbons (Fsp3) is 0.235. The molecule has 2 amide bonds. The highest BCUT2D eigenvalue weighted by Crippen LogP contribution is 2.24. The molecule has 0 aliphatic carbocycles. The van der Waals surface area contributed by atoms with Gasteiger partial charge < -0.3 is 15.1 Å². The van der Waals surface area contributed by atoms with Gasteiger partial charge in [-0.2, -0.15) is 0 Å². The zero-order valence-corrected chi connectivity index (χ0v) is 13.4. The van der Waals surface area contributed by atoms with E-state index in [2.05, 4.69) is 5.32 Å². The Morgan fingerprint density at radius 1 is 0.808 bits per heavy atom. The molecule has 1 aliphatic heterocycles. The van der Waals surface area contributed by atoms with Gasteiger partial charge in [0.1, 0.15) is 0 Å². The van der Waals surface area contributed by atoms with Crippen molar-refractivity contribution in [2.75, 3.05) is 36.4 Å². The van der Waals surface area contributed by atoms with E-state index in [9.17, 15) is 26.7 Å². The lowest BCUT2D eigenvalue weighted by Gasteiger charge is -2.36. The number of nitrogens with zero attached hydrogens (tertiary/aromatic N) is 2. The molecular formula is C17H14F5N3O. The van der Waals surface area contributed by atoms with Gasteiger partial charge in [0.2, 0.25) is 0 Å². The summed E-state index contributed by atoms with van der Waals surface area (Å²) in [7, 11) is 0. The molecule has 2 aromatic rings. The minimum atomic E-state index is -1.54. The van der Waals surface area contributed by atoms with Crippen LogP contribution < -0.4 is 10.2 Å². The maximum absolute atomic E-state index is 13.8. The van der Waals surface area contributed by atoms with Gasteiger partial charge in [-0.25, -0.2) is 26.7 Å². The third-order valence-electron chi connectivity index (χ3n) is 4.09. The highest BCUT2D eigenvalue weighted by molar-refractivity contribution is 5.89. The molecule has 26 heavy (non-hydrogen) atoms. The largest absolute Gasteiger partial charge is 0.366 e. The number of anilines is 2. The van der Waals surface area contributed by atoms with Crippen molar-refractivity contribution in [1.82, 2.24) is 4.90 Å². The topological polar surface area (TPSA) is 35.6 Å². The van der Waals surface area contributed by atoms with E-state index < -0.39 is 35.1 Å². The van der Waals surface area contributed by atoms with Crippen molar-refractivity contribution >= 4 is 17.4 Å². The first kappa shape index (κ1) is 18.0. The van der Waals surface area contributed by atoms with Crippen molar-refractivity contribution in [2.24, 2.45) is 0 Å². The van der Waals surface area contributed by atoms with Crippen LogP contribution in [0.25, 0.3) is 0 Å². The van der Waals surface area contributed by atoms with E-state index in [4.69, 9.17) is 0 Å². The van der Waals surface area contributed by atoms with E-state index in [0.29, 0.717) is 0 Å². The molecule has 1 aliphatic rings. The van der Waals surface area contributed by atoms with Crippen LogP contribution in [0.2, 0.25) is 0 Å². The SMILES string of the molecule is O=C(Nc1ccc(F)c(F)c1)N1CCN(c2ccc(F)c(F)c2F)CC1. The number of hydrogen-bond acceptors (Lipinski definition) is 2. The highest BCUT2D eigenvalue weighted by atomic mass is 19.2. The Bertz CT molecular complexity index is 837. The monoisotopic (exact) mass is 371 g/mol. The summed E-state index contributed by atoms with van der Waals surface area (Å²) in [6.07, 6.45) is 0. The van der Waals surface area contributed by atoms with Crippen LogP contribution in [0.4, 0.5) is 38.1 Å². The number of piperazine rings is 1. The molecule has 0 atom stereocenters. The van der Waals surface area contributed by atoms with Crippen LogP contribution in [0, 0.1) is 29.1 Å². The summed E-state index contributed by atoms with van der Waals surface area (Å²) in [5.74, 6) is -6.19. The molecule has 9 heteroatoms. The number of rotatable bonds is 2. The van der Waals surface area contributed by atoms with Gasteiger partial charge in [-0.15, -0.1) is 0 Å². The van der Waals surface area contributed by atoms with Gasteiger partial charge in [-0.3, -0.25) is 0 Å². The molecule has 1 heterocycles. The summed E-state index contributed by atoms with van der Waals surface area (Å²) in [6, 6.07) is 4.44. The fourth-order valence-corrected chi connectivity index (χ4v) is 2.69. The number of amides is 2. The van der Waals surface area contributed by atoms with Gasteiger partial charge in [-0.05, 0) is 24.3 Å². The number of hydrogen-bond donors (Lipinski definition) is 1. The van der Waals surface area contributed by atoms with Crippen LogP contribution in [-0.2, 0) is 0 Å². The van der Waals surface area contributed by atoms with E-state index in [0.717, 1.165) is 24.3 Å². The minimum absolute atomic E-state index is 0.0791. The van der Waals surface area contributed by atoms with E-state index >= 15 is 0 Å². The van der Waals surface area contributed by atoms with Crippen LogP contribution in [0.3, 0.4) is 0 Å². The van der Waals surface area contributed by atoms with Gasteiger partial charge in [0.25, 0.3) is 0 Å². The van der Waals surface area contributed by atoms with Gasteiger partial charge in [-0.1, -0.05) is 0 Å². The van der Waals surface area contributed by atoms with Crippen LogP contribution in [0.1, 0.15) is 0 Å². The highest BCUT2D eigenvalue weighted by Gasteiger charge is 2.25. The van der Waals surface area contributed by atoms with Crippen LogP contribution in [-0.4, -0.2) is 37.1 Å². The van der Waals surface area contributed by atoms with E-state index in [-0.39, 0.29) is 37.6 Å². The van der Waals surface area contributed by atoms with Gasteiger partial charge in [0.15, 0.2) is 29.1 Å². The van der Waals surface area contributed by atoms with Crippen molar-refractivity contribution in [2.45, 2.75) is 0 Å². The van der Waals surface area contributed by atoms with Gasteiger partial charge in [0, 0.05) is 37.9 Å². The van der Waals surface area contributed by atoms with Gasteiger partial charge in [0.05, 0.1) is 5.69 Å². The van der Waals surface area contributed by atoms with Crippen molar-refractivity contribution < 1.29 is 26.7 Å². The maximum atomic E-state index is 13.8. The van der Waals surface area contributed by atoms with Crippen LogP contribution in [0.5, 0.6) is 0 Å². The molecule has 0 unspecified atom stereocenters. The maximum Gasteiger partial charge on any atom is 0.321 e. The Hall–Kier alpha value is -2.84. The lowest BCUT2D eigenvalue weighted by atomic mass is 10.2. The average molecular weight is 371 g/mol. The summed E-state index contributed by atoms with van der Waals surface area (Å²) in [6.45, 7) is 0.780. The molecule has 0 aromatic heterocycles. The fourth-order valence-electron chi connectivity index (χ4n) is 2.69. The third-order valence-corrected chi connectivity index (χ3v) is 4.09. The summed E-state index contributed by atoms with van der Waals surface area (Å²) < 4.78 is 66.3.